The highest BCUT2D eigenvalue weighted by molar-refractivity contribution is 5.99. The predicted molar refractivity (Wildman–Crippen MR) is 146 cm³/mol. The Morgan fingerprint density at radius 2 is 1.68 bits per heavy atom. The van der Waals surface area contributed by atoms with E-state index in [0.717, 1.165) is 18.4 Å². The Morgan fingerprint density at radius 3 is 2.34 bits per heavy atom. The number of nitrogens with zero attached hydrogens (tertiary/aromatic N) is 3. The summed E-state index contributed by atoms with van der Waals surface area (Å²) >= 11 is 0. The van der Waals surface area contributed by atoms with Gasteiger partial charge in [0.05, 0.1) is 18.0 Å². The number of carbonyl (C=O) groups excluding carboxylic acids is 2. The van der Waals surface area contributed by atoms with Gasteiger partial charge in [-0.25, -0.2) is 9.07 Å². The maximum absolute atomic E-state index is 13.5. The molecule has 0 aliphatic heterocycles. The summed E-state index contributed by atoms with van der Waals surface area (Å²) in [6.07, 6.45) is 2.01. The molecule has 0 radical (unpaired) electrons. The van der Waals surface area contributed by atoms with Gasteiger partial charge in [0.25, 0.3) is 5.91 Å². The highest BCUT2D eigenvalue weighted by atomic mass is 19.1. The van der Waals surface area contributed by atoms with Crippen LogP contribution in [0.2, 0.25) is 0 Å². The van der Waals surface area contributed by atoms with Crippen LogP contribution >= 0.6 is 0 Å². The molecule has 0 fully saturated rings. The molecule has 0 aliphatic carbocycles. The molecule has 1 N–H and O–H groups in total. The molecule has 7 nitrogen and oxygen atoms in total. The fourth-order valence-corrected chi connectivity index (χ4v) is 3.89. The number of benzene rings is 3. The fourth-order valence-electron chi connectivity index (χ4n) is 3.89. The molecule has 196 valence electrons. The van der Waals surface area contributed by atoms with Crippen LogP contribution in [-0.4, -0.2) is 46.2 Å². The van der Waals surface area contributed by atoms with Gasteiger partial charge in [0, 0.05) is 23.7 Å². The van der Waals surface area contributed by atoms with Crippen LogP contribution in [0, 0.1) is 5.82 Å². The minimum absolute atomic E-state index is 0.140. The number of carbonyl (C=O) groups is 2. The summed E-state index contributed by atoms with van der Waals surface area (Å²) in [7, 11) is 0. The first-order valence-corrected chi connectivity index (χ1v) is 12.7. The normalized spacial score (nSPS) is 10.7. The van der Waals surface area contributed by atoms with Gasteiger partial charge >= 0.3 is 0 Å². The fraction of sp³-hybridized carbons (Fsp3) is 0.233. The third-order valence-corrected chi connectivity index (χ3v) is 5.99. The Hall–Kier alpha value is -4.46. The van der Waals surface area contributed by atoms with Gasteiger partial charge in [-0.1, -0.05) is 43.7 Å². The number of nitrogens with one attached hydrogen (secondary N) is 1. The number of anilines is 1. The molecular weight excluding hydrogens is 483 g/mol. The molecule has 0 spiro atoms. The largest absolute Gasteiger partial charge is 0.494 e. The first-order chi connectivity index (χ1) is 18.5. The van der Waals surface area contributed by atoms with Crippen molar-refractivity contribution in [2.75, 3.05) is 25.0 Å². The Morgan fingerprint density at radius 1 is 0.974 bits per heavy atom. The van der Waals surface area contributed by atoms with E-state index in [0.29, 0.717) is 41.7 Å². The van der Waals surface area contributed by atoms with Gasteiger partial charge in [-0.2, -0.15) is 5.10 Å². The minimum atomic E-state index is -0.373. The van der Waals surface area contributed by atoms with Crippen LogP contribution in [0.4, 0.5) is 10.2 Å². The molecule has 0 saturated heterocycles. The average molecular weight is 515 g/mol. The van der Waals surface area contributed by atoms with E-state index in [1.54, 1.807) is 47.1 Å². The highest BCUT2D eigenvalue weighted by Crippen LogP contribution is 2.25. The smallest absolute Gasteiger partial charge is 0.254 e. The number of halogens is 1. The molecule has 4 aromatic rings. The molecule has 0 aliphatic rings. The first-order valence-electron chi connectivity index (χ1n) is 12.7. The monoisotopic (exact) mass is 514 g/mol. The summed E-state index contributed by atoms with van der Waals surface area (Å²) in [5.41, 5.74) is 2.59. The second-order valence-electron chi connectivity index (χ2n) is 8.76. The molecule has 8 heteroatoms. The molecule has 0 saturated carbocycles. The number of likely N-dealkylation sites (N-methyl/N-ethyl adjacent to an activating group) is 1. The number of unbranched alkanes of at least 4 members (excludes halogenated alkanes) is 1. The van der Waals surface area contributed by atoms with E-state index in [9.17, 15) is 14.0 Å². The standard InChI is InChI=1S/C30H31FN4O3/c1-3-5-19-38-26-17-11-23(12-18-26)30(37)34(4-2)21-29(36)32-28-20-27(22-9-7-6-8-10-22)33-35(28)25-15-13-24(31)14-16-25/h6-18,20H,3-5,19,21H2,1-2H3,(H,32,36). The van der Waals surface area contributed by atoms with Crippen LogP contribution in [0.5, 0.6) is 5.75 Å². The number of amides is 2. The van der Waals surface area contributed by atoms with E-state index in [-0.39, 0.29) is 24.2 Å². The third-order valence-electron chi connectivity index (χ3n) is 5.99. The minimum Gasteiger partial charge on any atom is -0.494 e. The molecule has 0 bridgehead atoms. The molecule has 0 unspecified atom stereocenters. The predicted octanol–water partition coefficient (Wildman–Crippen LogP) is 5.96. The van der Waals surface area contributed by atoms with E-state index < -0.39 is 0 Å². The SMILES string of the molecule is CCCCOc1ccc(C(=O)N(CC)CC(=O)Nc2cc(-c3ccccc3)nn2-c2ccc(F)cc2)cc1. The van der Waals surface area contributed by atoms with E-state index in [4.69, 9.17) is 4.74 Å². The maximum Gasteiger partial charge on any atom is 0.254 e. The van der Waals surface area contributed by atoms with Crippen LogP contribution < -0.4 is 10.1 Å². The van der Waals surface area contributed by atoms with Crippen LogP contribution in [0.15, 0.2) is 84.9 Å². The Labute approximate surface area is 221 Å². The average Bonchev–Trinajstić information content (AvgIpc) is 3.36. The lowest BCUT2D eigenvalue weighted by molar-refractivity contribution is -0.116. The lowest BCUT2D eigenvalue weighted by Crippen LogP contribution is -2.38. The first kappa shape index (κ1) is 26.6. The zero-order valence-corrected chi connectivity index (χ0v) is 21.6. The summed E-state index contributed by atoms with van der Waals surface area (Å²) in [6.45, 7) is 4.77. The van der Waals surface area contributed by atoms with E-state index in [1.165, 1.54) is 17.0 Å². The summed E-state index contributed by atoms with van der Waals surface area (Å²) < 4.78 is 20.7. The van der Waals surface area contributed by atoms with Crippen molar-refractivity contribution in [2.45, 2.75) is 26.7 Å². The second kappa shape index (κ2) is 12.7. The van der Waals surface area contributed by atoms with Gasteiger partial charge in [0.15, 0.2) is 0 Å². The molecular formula is C30H31FN4O3. The second-order valence-corrected chi connectivity index (χ2v) is 8.76. The molecule has 1 aromatic heterocycles. The van der Waals surface area contributed by atoms with Crippen LogP contribution in [0.1, 0.15) is 37.0 Å². The summed E-state index contributed by atoms with van der Waals surface area (Å²) in [4.78, 5) is 27.6. The van der Waals surface area contributed by atoms with Gasteiger partial charge in [0.2, 0.25) is 5.91 Å². The molecule has 4 rings (SSSR count). The van der Waals surface area contributed by atoms with Crippen molar-refractivity contribution in [2.24, 2.45) is 0 Å². The zero-order chi connectivity index (χ0) is 26.9. The van der Waals surface area contributed by atoms with E-state index in [1.807, 2.05) is 37.3 Å². The quantitative estimate of drug-likeness (QED) is 0.251. The van der Waals surface area contributed by atoms with Crippen LogP contribution in [-0.2, 0) is 4.79 Å². The number of aromatic nitrogens is 2. The molecule has 38 heavy (non-hydrogen) atoms. The molecule has 3 aromatic carbocycles. The molecule has 0 atom stereocenters. The highest BCUT2D eigenvalue weighted by Gasteiger charge is 2.20. The Balaban J connectivity index is 1.49. The lowest BCUT2D eigenvalue weighted by atomic mass is 10.1. The molecule has 1 heterocycles. The van der Waals surface area contributed by atoms with Crippen molar-refractivity contribution >= 4 is 17.6 Å². The van der Waals surface area contributed by atoms with Crippen molar-refractivity contribution in [3.63, 3.8) is 0 Å². The summed E-state index contributed by atoms with van der Waals surface area (Å²) in [6, 6.07) is 24.1. The van der Waals surface area contributed by atoms with Gasteiger partial charge in [0.1, 0.15) is 23.9 Å². The maximum atomic E-state index is 13.5. The number of ether oxygens (including phenoxy) is 1. The zero-order valence-electron chi connectivity index (χ0n) is 21.6. The van der Waals surface area contributed by atoms with Gasteiger partial charge in [-0.05, 0) is 61.9 Å². The Bertz CT molecular complexity index is 1350. The Kier molecular flexibility index (Phi) is 8.87. The summed E-state index contributed by atoms with van der Waals surface area (Å²) in [5, 5.41) is 7.51. The number of hydrogen-bond donors (Lipinski definition) is 1. The van der Waals surface area contributed by atoms with Crippen molar-refractivity contribution in [1.82, 2.24) is 14.7 Å². The van der Waals surface area contributed by atoms with Crippen LogP contribution in [0.25, 0.3) is 16.9 Å². The van der Waals surface area contributed by atoms with Crippen molar-refractivity contribution < 1.29 is 18.7 Å². The summed E-state index contributed by atoms with van der Waals surface area (Å²) in [5.74, 6) is 0.131. The lowest BCUT2D eigenvalue weighted by Gasteiger charge is -2.20. The number of rotatable bonds is 11. The van der Waals surface area contributed by atoms with Gasteiger partial charge in [-0.3, -0.25) is 9.59 Å². The topological polar surface area (TPSA) is 76.5 Å². The van der Waals surface area contributed by atoms with Crippen molar-refractivity contribution in [3.05, 3.63) is 96.3 Å². The van der Waals surface area contributed by atoms with Gasteiger partial charge in [-0.15, -0.1) is 0 Å². The van der Waals surface area contributed by atoms with Crippen molar-refractivity contribution in [3.8, 4) is 22.7 Å². The van der Waals surface area contributed by atoms with E-state index in [2.05, 4.69) is 17.3 Å². The van der Waals surface area contributed by atoms with Crippen LogP contribution in [0.3, 0.4) is 0 Å². The van der Waals surface area contributed by atoms with E-state index >= 15 is 0 Å². The molecule has 2 amide bonds. The van der Waals surface area contributed by atoms with Crippen molar-refractivity contribution in [1.29, 1.82) is 0 Å². The van der Waals surface area contributed by atoms with Gasteiger partial charge < -0.3 is 15.0 Å². The third kappa shape index (κ3) is 6.64. The number of hydrogen-bond acceptors (Lipinski definition) is 4.